The number of nitrogens with one attached hydrogen (secondary N) is 1. The first-order valence-electron chi connectivity index (χ1n) is 6.12. The Morgan fingerprint density at radius 3 is 2.38 bits per heavy atom. The van der Waals surface area contributed by atoms with Crippen molar-refractivity contribution in [2.24, 2.45) is 5.92 Å². The van der Waals surface area contributed by atoms with Crippen LogP contribution in [0, 0.1) is 5.92 Å². The maximum Gasteiger partial charge on any atom is 0.414 e. The fraction of sp³-hybridized carbons (Fsp3) is 0.308. The van der Waals surface area contributed by atoms with Crippen LogP contribution in [0.1, 0.15) is 0 Å². The molecule has 1 aromatic heterocycles. The standard InChI is InChI=1S/C11H11ClN2O.C2H2O4/c12-11-4-1-7(5-13-11)15-6-10-8-2-3-9(8)14-10;3-1(4)2(5)6/h1-5,8-10,14H,6H2;(H,3,4)(H,5,6). The Morgan fingerprint density at radius 1 is 1.29 bits per heavy atom. The minimum atomic E-state index is -1.82. The molecule has 1 fully saturated rings. The summed E-state index contributed by atoms with van der Waals surface area (Å²) in [5.74, 6) is -2.21. The fourth-order valence-electron chi connectivity index (χ4n) is 1.93. The first kappa shape index (κ1) is 15.3. The molecular weight excluding hydrogens is 300 g/mol. The van der Waals surface area contributed by atoms with E-state index >= 15 is 0 Å². The molecule has 7 nitrogen and oxygen atoms in total. The molecule has 21 heavy (non-hydrogen) atoms. The molecule has 0 saturated carbocycles. The molecular formula is C13H13ClN2O5. The van der Waals surface area contributed by atoms with Crippen LogP contribution in [0.4, 0.5) is 0 Å². The van der Waals surface area contributed by atoms with Crippen molar-refractivity contribution < 1.29 is 24.5 Å². The molecule has 1 aromatic rings. The number of hydrogen-bond acceptors (Lipinski definition) is 5. The Labute approximate surface area is 125 Å². The van der Waals surface area contributed by atoms with Gasteiger partial charge in [0.2, 0.25) is 0 Å². The Bertz CT molecular complexity index is 548. The molecule has 112 valence electrons. The number of ether oxygens (including phenoxy) is 1. The summed E-state index contributed by atoms with van der Waals surface area (Å²) in [5, 5.41) is 18.7. The van der Waals surface area contributed by atoms with Crippen molar-refractivity contribution in [1.82, 2.24) is 10.3 Å². The van der Waals surface area contributed by atoms with Crippen molar-refractivity contribution in [3.8, 4) is 5.75 Å². The molecule has 1 saturated heterocycles. The average Bonchev–Trinajstić information content (AvgIpc) is 2.42. The third-order valence-corrected chi connectivity index (χ3v) is 3.36. The Kier molecular flexibility index (Phi) is 4.77. The highest BCUT2D eigenvalue weighted by molar-refractivity contribution is 6.29. The molecule has 3 N–H and O–H groups in total. The molecule has 2 heterocycles. The van der Waals surface area contributed by atoms with Gasteiger partial charge in [0.1, 0.15) is 17.5 Å². The molecule has 2 aliphatic rings. The normalized spacial score (nSPS) is 24.5. The predicted molar refractivity (Wildman–Crippen MR) is 73.4 cm³/mol. The van der Waals surface area contributed by atoms with Crippen LogP contribution in [0.5, 0.6) is 5.75 Å². The van der Waals surface area contributed by atoms with Crippen LogP contribution in [0.2, 0.25) is 5.15 Å². The van der Waals surface area contributed by atoms with Gasteiger partial charge in [-0.1, -0.05) is 23.8 Å². The van der Waals surface area contributed by atoms with Crippen molar-refractivity contribution in [3.05, 3.63) is 35.6 Å². The third-order valence-electron chi connectivity index (χ3n) is 3.14. The Balaban J connectivity index is 0.000000232. The van der Waals surface area contributed by atoms with E-state index in [2.05, 4.69) is 22.5 Å². The number of pyridine rings is 1. The summed E-state index contributed by atoms with van der Waals surface area (Å²) in [5.41, 5.74) is 0. The van der Waals surface area contributed by atoms with E-state index in [1.807, 2.05) is 6.07 Å². The molecule has 1 aliphatic carbocycles. The molecule has 3 unspecified atom stereocenters. The number of fused-ring (bicyclic) bond motifs is 1. The summed E-state index contributed by atoms with van der Waals surface area (Å²) in [6.45, 7) is 0.689. The first-order valence-corrected chi connectivity index (χ1v) is 6.50. The van der Waals surface area contributed by atoms with Crippen LogP contribution in [-0.2, 0) is 9.59 Å². The summed E-state index contributed by atoms with van der Waals surface area (Å²) in [7, 11) is 0. The highest BCUT2D eigenvalue weighted by Gasteiger charge is 2.42. The van der Waals surface area contributed by atoms with Gasteiger partial charge in [-0.05, 0) is 12.1 Å². The summed E-state index contributed by atoms with van der Waals surface area (Å²) in [4.78, 5) is 22.2. The second-order valence-electron chi connectivity index (χ2n) is 4.50. The van der Waals surface area contributed by atoms with Gasteiger partial charge in [0.05, 0.1) is 6.20 Å². The number of nitrogens with zero attached hydrogens (tertiary/aromatic N) is 1. The van der Waals surface area contributed by atoms with Gasteiger partial charge in [-0.25, -0.2) is 14.6 Å². The molecule has 0 radical (unpaired) electrons. The first-order chi connectivity index (χ1) is 9.97. The van der Waals surface area contributed by atoms with E-state index < -0.39 is 11.9 Å². The number of carboxylic acid groups (broad SMARTS) is 2. The van der Waals surface area contributed by atoms with Gasteiger partial charge >= 0.3 is 11.9 Å². The number of halogens is 1. The zero-order valence-electron chi connectivity index (χ0n) is 10.8. The molecule has 3 rings (SSSR count). The lowest BCUT2D eigenvalue weighted by Gasteiger charge is -2.48. The van der Waals surface area contributed by atoms with Crippen molar-refractivity contribution in [2.75, 3.05) is 6.61 Å². The smallest absolute Gasteiger partial charge is 0.414 e. The van der Waals surface area contributed by atoms with Gasteiger partial charge in [-0.3, -0.25) is 0 Å². The van der Waals surface area contributed by atoms with Crippen molar-refractivity contribution in [1.29, 1.82) is 0 Å². The average molecular weight is 313 g/mol. The number of aliphatic carboxylic acids is 2. The van der Waals surface area contributed by atoms with Gasteiger partial charge in [-0.2, -0.15) is 0 Å². The number of carbonyl (C=O) groups is 2. The van der Waals surface area contributed by atoms with E-state index in [4.69, 9.17) is 36.1 Å². The number of aromatic nitrogens is 1. The molecule has 0 bridgehead atoms. The van der Waals surface area contributed by atoms with Gasteiger partial charge in [0.25, 0.3) is 0 Å². The zero-order valence-corrected chi connectivity index (χ0v) is 11.5. The van der Waals surface area contributed by atoms with Crippen molar-refractivity contribution in [2.45, 2.75) is 12.1 Å². The quantitative estimate of drug-likeness (QED) is 0.430. The summed E-state index contributed by atoms with van der Waals surface area (Å²) >= 11 is 5.68. The third kappa shape index (κ3) is 3.93. The van der Waals surface area contributed by atoms with Gasteiger partial charge in [0, 0.05) is 18.0 Å². The lowest BCUT2D eigenvalue weighted by Crippen LogP contribution is -2.65. The SMILES string of the molecule is Clc1ccc(OCC2NC3C=CC32)cn1.O=C(O)C(=O)O. The molecule has 3 atom stereocenters. The maximum atomic E-state index is 9.10. The Morgan fingerprint density at radius 2 is 2.00 bits per heavy atom. The number of rotatable bonds is 3. The van der Waals surface area contributed by atoms with Crippen LogP contribution in [-0.4, -0.2) is 45.8 Å². The van der Waals surface area contributed by atoms with Crippen LogP contribution >= 0.6 is 11.6 Å². The molecule has 0 aromatic carbocycles. The lowest BCUT2D eigenvalue weighted by atomic mass is 9.75. The van der Waals surface area contributed by atoms with Crippen LogP contribution < -0.4 is 10.1 Å². The van der Waals surface area contributed by atoms with E-state index in [-0.39, 0.29) is 0 Å². The van der Waals surface area contributed by atoms with Crippen LogP contribution in [0.3, 0.4) is 0 Å². The lowest BCUT2D eigenvalue weighted by molar-refractivity contribution is -0.159. The van der Waals surface area contributed by atoms with Gasteiger partial charge < -0.3 is 20.3 Å². The topological polar surface area (TPSA) is 109 Å². The molecule has 0 amide bonds. The van der Waals surface area contributed by atoms with Gasteiger partial charge in [-0.15, -0.1) is 0 Å². The number of carboxylic acids is 2. The minimum Gasteiger partial charge on any atom is -0.490 e. The summed E-state index contributed by atoms with van der Waals surface area (Å²) < 4.78 is 5.60. The Hall–Kier alpha value is -2.12. The summed E-state index contributed by atoms with van der Waals surface area (Å²) in [6.07, 6.45) is 6.06. The minimum absolute atomic E-state index is 0.454. The molecule has 8 heteroatoms. The molecule has 0 spiro atoms. The largest absolute Gasteiger partial charge is 0.490 e. The predicted octanol–water partition coefficient (Wildman–Crippen LogP) is 0.796. The maximum absolute atomic E-state index is 9.10. The second-order valence-corrected chi connectivity index (χ2v) is 4.89. The highest BCUT2D eigenvalue weighted by Crippen LogP contribution is 2.31. The van der Waals surface area contributed by atoms with Crippen LogP contribution in [0.15, 0.2) is 30.5 Å². The summed E-state index contributed by atoms with van der Waals surface area (Å²) in [6, 6.07) is 4.62. The molecule has 1 aliphatic heterocycles. The zero-order chi connectivity index (χ0) is 15.4. The van der Waals surface area contributed by atoms with E-state index in [9.17, 15) is 0 Å². The number of hydrogen-bond donors (Lipinski definition) is 3. The second kappa shape index (κ2) is 6.55. The monoisotopic (exact) mass is 312 g/mol. The van der Waals surface area contributed by atoms with E-state index in [0.717, 1.165) is 5.75 Å². The van der Waals surface area contributed by atoms with E-state index in [1.165, 1.54) is 0 Å². The van der Waals surface area contributed by atoms with E-state index in [1.54, 1.807) is 12.3 Å². The van der Waals surface area contributed by atoms with Crippen LogP contribution in [0.25, 0.3) is 0 Å². The van der Waals surface area contributed by atoms with Crippen molar-refractivity contribution in [3.63, 3.8) is 0 Å². The van der Waals surface area contributed by atoms with E-state index in [0.29, 0.717) is 29.8 Å². The fourth-order valence-corrected chi connectivity index (χ4v) is 2.05. The van der Waals surface area contributed by atoms with Crippen molar-refractivity contribution >= 4 is 23.5 Å². The highest BCUT2D eigenvalue weighted by atomic mass is 35.5. The van der Waals surface area contributed by atoms with Gasteiger partial charge in [0.15, 0.2) is 0 Å².